The minimum Gasteiger partial charge on any atom is -0.321 e. The van der Waals surface area contributed by atoms with Gasteiger partial charge in [0, 0.05) is 5.54 Å². The van der Waals surface area contributed by atoms with E-state index in [0.717, 1.165) is 18.4 Å². The maximum atomic E-state index is 13.1. The van der Waals surface area contributed by atoms with Crippen molar-refractivity contribution in [3.63, 3.8) is 0 Å². The SMILES string of the molecule is CCC(CC)C(C)(N)c1cccc(F)c1. The molecule has 0 radical (unpaired) electrons. The number of nitrogens with two attached hydrogens (primary N) is 1. The van der Waals surface area contributed by atoms with Crippen LogP contribution in [-0.2, 0) is 5.54 Å². The fraction of sp³-hybridized carbons (Fsp3) is 0.538. The topological polar surface area (TPSA) is 26.0 Å². The highest BCUT2D eigenvalue weighted by Crippen LogP contribution is 2.31. The predicted octanol–water partition coefficient (Wildman–Crippen LogP) is 3.44. The summed E-state index contributed by atoms with van der Waals surface area (Å²) in [6, 6.07) is 6.62. The van der Waals surface area contributed by atoms with Crippen LogP contribution in [0.25, 0.3) is 0 Å². The molecule has 0 bridgehead atoms. The zero-order valence-electron chi connectivity index (χ0n) is 9.76. The first-order valence-corrected chi connectivity index (χ1v) is 5.57. The largest absolute Gasteiger partial charge is 0.321 e. The first-order chi connectivity index (χ1) is 7.02. The monoisotopic (exact) mass is 209 g/mol. The molecule has 1 rings (SSSR count). The molecule has 0 aliphatic rings. The van der Waals surface area contributed by atoms with Crippen LogP contribution in [0.5, 0.6) is 0 Å². The van der Waals surface area contributed by atoms with Gasteiger partial charge in [0.15, 0.2) is 0 Å². The third kappa shape index (κ3) is 2.57. The van der Waals surface area contributed by atoms with E-state index in [0.29, 0.717) is 5.92 Å². The summed E-state index contributed by atoms with van der Waals surface area (Å²) < 4.78 is 13.1. The summed E-state index contributed by atoms with van der Waals surface area (Å²) in [6.45, 7) is 6.23. The Kier molecular flexibility index (Phi) is 3.86. The molecule has 0 aliphatic heterocycles. The van der Waals surface area contributed by atoms with Gasteiger partial charge in [-0.15, -0.1) is 0 Å². The molecule has 0 saturated heterocycles. The standard InChI is InChI=1S/C13H20FN/c1-4-10(5-2)13(3,15)11-7-6-8-12(14)9-11/h6-10H,4-5,15H2,1-3H3. The van der Waals surface area contributed by atoms with E-state index in [-0.39, 0.29) is 5.82 Å². The van der Waals surface area contributed by atoms with Crippen LogP contribution in [0, 0.1) is 11.7 Å². The third-order valence-corrected chi connectivity index (χ3v) is 3.28. The van der Waals surface area contributed by atoms with Gasteiger partial charge in [0.2, 0.25) is 0 Å². The second kappa shape index (κ2) is 4.75. The summed E-state index contributed by atoms with van der Waals surface area (Å²) in [7, 11) is 0. The van der Waals surface area contributed by atoms with Gasteiger partial charge in [0.1, 0.15) is 5.82 Å². The van der Waals surface area contributed by atoms with Crippen LogP contribution < -0.4 is 5.73 Å². The highest BCUT2D eigenvalue weighted by Gasteiger charge is 2.29. The smallest absolute Gasteiger partial charge is 0.123 e. The van der Waals surface area contributed by atoms with Gasteiger partial charge in [-0.2, -0.15) is 0 Å². The van der Waals surface area contributed by atoms with Gasteiger partial charge in [0.25, 0.3) is 0 Å². The zero-order chi connectivity index (χ0) is 11.5. The van der Waals surface area contributed by atoms with E-state index in [4.69, 9.17) is 5.73 Å². The molecule has 0 heterocycles. The molecule has 1 aromatic carbocycles. The Morgan fingerprint density at radius 2 is 1.93 bits per heavy atom. The summed E-state index contributed by atoms with van der Waals surface area (Å²) in [5.41, 5.74) is 6.75. The summed E-state index contributed by atoms with van der Waals surface area (Å²) in [4.78, 5) is 0. The Hall–Kier alpha value is -0.890. The lowest BCUT2D eigenvalue weighted by molar-refractivity contribution is 0.281. The van der Waals surface area contributed by atoms with E-state index in [1.54, 1.807) is 12.1 Å². The summed E-state index contributed by atoms with van der Waals surface area (Å²) in [5, 5.41) is 0. The van der Waals surface area contributed by atoms with Crippen molar-refractivity contribution in [2.45, 2.75) is 39.2 Å². The van der Waals surface area contributed by atoms with Gasteiger partial charge in [-0.25, -0.2) is 4.39 Å². The van der Waals surface area contributed by atoms with Crippen LogP contribution in [0.3, 0.4) is 0 Å². The third-order valence-electron chi connectivity index (χ3n) is 3.28. The van der Waals surface area contributed by atoms with Crippen LogP contribution in [0.4, 0.5) is 4.39 Å². The molecule has 1 nitrogen and oxygen atoms in total. The van der Waals surface area contributed by atoms with Crippen molar-refractivity contribution in [3.8, 4) is 0 Å². The minimum absolute atomic E-state index is 0.213. The molecule has 2 heteroatoms. The Labute approximate surface area is 91.5 Å². The van der Waals surface area contributed by atoms with Gasteiger partial charge in [-0.1, -0.05) is 38.8 Å². The summed E-state index contributed by atoms with van der Waals surface area (Å²) >= 11 is 0. The van der Waals surface area contributed by atoms with Crippen LogP contribution >= 0.6 is 0 Å². The molecule has 0 saturated carbocycles. The normalized spacial score (nSPS) is 15.3. The Balaban J connectivity index is 3.03. The lowest BCUT2D eigenvalue weighted by atomic mass is 9.77. The van der Waals surface area contributed by atoms with E-state index in [2.05, 4.69) is 13.8 Å². The predicted molar refractivity (Wildman–Crippen MR) is 62.0 cm³/mol. The van der Waals surface area contributed by atoms with Crippen LogP contribution in [0.15, 0.2) is 24.3 Å². The van der Waals surface area contributed by atoms with Crippen LogP contribution in [-0.4, -0.2) is 0 Å². The molecule has 1 atom stereocenters. The molecule has 1 unspecified atom stereocenters. The first kappa shape index (κ1) is 12.2. The molecular weight excluding hydrogens is 189 g/mol. The summed E-state index contributed by atoms with van der Waals surface area (Å²) in [6.07, 6.45) is 2.03. The van der Waals surface area contributed by atoms with Crippen molar-refractivity contribution in [3.05, 3.63) is 35.6 Å². The van der Waals surface area contributed by atoms with Crippen molar-refractivity contribution in [2.24, 2.45) is 11.7 Å². The molecule has 0 aliphatic carbocycles. The second-order valence-corrected chi connectivity index (χ2v) is 4.31. The Morgan fingerprint density at radius 3 is 2.40 bits per heavy atom. The molecular formula is C13H20FN. The van der Waals surface area contributed by atoms with Crippen molar-refractivity contribution < 1.29 is 4.39 Å². The quantitative estimate of drug-likeness (QED) is 0.807. The van der Waals surface area contributed by atoms with Crippen molar-refractivity contribution in [2.75, 3.05) is 0 Å². The van der Waals surface area contributed by atoms with E-state index in [1.165, 1.54) is 6.07 Å². The van der Waals surface area contributed by atoms with Crippen molar-refractivity contribution in [1.29, 1.82) is 0 Å². The van der Waals surface area contributed by atoms with Gasteiger partial charge in [-0.05, 0) is 30.5 Å². The molecule has 0 amide bonds. The lowest BCUT2D eigenvalue weighted by Gasteiger charge is -2.33. The van der Waals surface area contributed by atoms with E-state index in [9.17, 15) is 4.39 Å². The minimum atomic E-state index is -0.439. The molecule has 1 aromatic rings. The fourth-order valence-electron chi connectivity index (χ4n) is 2.20. The van der Waals surface area contributed by atoms with Crippen molar-refractivity contribution >= 4 is 0 Å². The fourth-order valence-corrected chi connectivity index (χ4v) is 2.20. The van der Waals surface area contributed by atoms with E-state index < -0.39 is 5.54 Å². The molecule has 0 spiro atoms. The van der Waals surface area contributed by atoms with E-state index in [1.807, 2.05) is 13.0 Å². The highest BCUT2D eigenvalue weighted by molar-refractivity contribution is 5.24. The molecule has 84 valence electrons. The van der Waals surface area contributed by atoms with Crippen LogP contribution in [0.1, 0.15) is 39.2 Å². The molecule has 2 N–H and O–H groups in total. The number of rotatable bonds is 4. The first-order valence-electron chi connectivity index (χ1n) is 5.57. The van der Waals surface area contributed by atoms with Gasteiger partial charge < -0.3 is 5.73 Å². The maximum Gasteiger partial charge on any atom is 0.123 e. The van der Waals surface area contributed by atoms with Gasteiger partial charge in [0.05, 0.1) is 0 Å². The molecule has 0 aromatic heterocycles. The van der Waals surface area contributed by atoms with Crippen LogP contribution in [0.2, 0.25) is 0 Å². The zero-order valence-corrected chi connectivity index (χ0v) is 9.76. The number of hydrogen-bond acceptors (Lipinski definition) is 1. The average molecular weight is 209 g/mol. The Morgan fingerprint density at radius 1 is 1.33 bits per heavy atom. The molecule has 0 fully saturated rings. The van der Waals surface area contributed by atoms with Gasteiger partial charge >= 0.3 is 0 Å². The van der Waals surface area contributed by atoms with Gasteiger partial charge in [-0.3, -0.25) is 0 Å². The number of benzene rings is 1. The lowest BCUT2D eigenvalue weighted by Crippen LogP contribution is -2.40. The maximum absolute atomic E-state index is 13.1. The second-order valence-electron chi connectivity index (χ2n) is 4.31. The van der Waals surface area contributed by atoms with Crippen molar-refractivity contribution in [1.82, 2.24) is 0 Å². The highest BCUT2D eigenvalue weighted by atomic mass is 19.1. The average Bonchev–Trinajstić information content (AvgIpc) is 2.19. The number of hydrogen-bond donors (Lipinski definition) is 1. The number of halogens is 1. The Bertz CT molecular complexity index is 316. The van der Waals surface area contributed by atoms with E-state index >= 15 is 0 Å². The summed E-state index contributed by atoms with van der Waals surface area (Å²) in [5.74, 6) is 0.175. The molecule has 15 heavy (non-hydrogen) atoms.